The van der Waals surface area contributed by atoms with Crippen molar-refractivity contribution < 1.29 is 9.13 Å². The smallest absolute Gasteiger partial charge is 0.250 e. The van der Waals surface area contributed by atoms with Crippen LogP contribution in [0.4, 0.5) is 10.3 Å². The first-order valence-corrected chi connectivity index (χ1v) is 5.54. The number of aromatic nitrogens is 4. The number of nitrogens with zero attached hydrogens (tertiary/aromatic N) is 3. The molecule has 0 saturated carbocycles. The minimum atomic E-state index is -0.347. The summed E-state index contributed by atoms with van der Waals surface area (Å²) in [7, 11) is 0. The Morgan fingerprint density at radius 2 is 2.16 bits per heavy atom. The molecule has 0 spiro atoms. The highest BCUT2D eigenvalue weighted by Crippen LogP contribution is 2.26. The number of nitrogens with two attached hydrogens (primary N) is 1. The number of fused-ring (bicyclic) bond motifs is 1. The van der Waals surface area contributed by atoms with Crippen molar-refractivity contribution in [3.63, 3.8) is 0 Å². The van der Waals surface area contributed by atoms with E-state index in [1.165, 1.54) is 12.4 Å². The molecule has 3 rings (SSSR count). The number of halogens is 1. The van der Waals surface area contributed by atoms with Crippen molar-refractivity contribution in [2.75, 3.05) is 5.73 Å². The highest BCUT2D eigenvalue weighted by atomic mass is 19.1. The SMILES string of the molecule is Cc1ccc(Oc2nc(N)nc3nc[nH]c23)cc1F. The molecule has 3 N–H and O–H groups in total. The number of aryl methyl sites for hydroxylation is 1. The van der Waals surface area contributed by atoms with E-state index in [-0.39, 0.29) is 17.6 Å². The number of nitrogen functional groups attached to an aromatic ring is 1. The number of ether oxygens (including phenoxy) is 1. The van der Waals surface area contributed by atoms with E-state index in [0.717, 1.165) is 0 Å². The molecule has 0 aliphatic heterocycles. The zero-order valence-electron chi connectivity index (χ0n) is 10.0. The summed E-state index contributed by atoms with van der Waals surface area (Å²) in [6, 6.07) is 4.56. The molecular weight excluding hydrogens is 249 g/mol. The second-order valence-corrected chi connectivity index (χ2v) is 4.00. The molecule has 2 aromatic heterocycles. The molecule has 0 aliphatic rings. The lowest BCUT2D eigenvalue weighted by Crippen LogP contribution is -1.98. The number of benzene rings is 1. The van der Waals surface area contributed by atoms with Crippen molar-refractivity contribution in [3.05, 3.63) is 35.9 Å². The Bertz CT molecular complexity index is 755. The second-order valence-electron chi connectivity index (χ2n) is 4.00. The molecule has 19 heavy (non-hydrogen) atoms. The van der Waals surface area contributed by atoms with Crippen LogP contribution in [0, 0.1) is 12.7 Å². The summed E-state index contributed by atoms with van der Waals surface area (Å²) in [5.41, 5.74) is 7.01. The highest BCUT2D eigenvalue weighted by Gasteiger charge is 2.11. The van der Waals surface area contributed by atoms with Crippen LogP contribution in [-0.2, 0) is 0 Å². The lowest BCUT2D eigenvalue weighted by Gasteiger charge is -2.06. The van der Waals surface area contributed by atoms with Gasteiger partial charge in [0.05, 0.1) is 6.33 Å². The van der Waals surface area contributed by atoms with Crippen LogP contribution in [0.25, 0.3) is 11.2 Å². The van der Waals surface area contributed by atoms with Gasteiger partial charge < -0.3 is 15.5 Å². The van der Waals surface area contributed by atoms with E-state index < -0.39 is 0 Å². The molecule has 0 radical (unpaired) electrons. The fourth-order valence-corrected chi connectivity index (χ4v) is 1.65. The van der Waals surface area contributed by atoms with Crippen molar-refractivity contribution in [2.24, 2.45) is 0 Å². The van der Waals surface area contributed by atoms with E-state index >= 15 is 0 Å². The summed E-state index contributed by atoms with van der Waals surface area (Å²) in [5.74, 6) is 0.239. The second kappa shape index (κ2) is 4.20. The number of hydrogen-bond acceptors (Lipinski definition) is 5. The number of hydrogen-bond donors (Lipinski definition) is 2. The first-order chi connectivity index (χ1) is 9.13. The monoisotopic (exact) mass is 259 g/mol. The summed E-state index contributed by atoms with van der Waals surface area (Å²) >= 11 is 0. The fraction of sp³-hybridized carbons (Fsp3) is 0.0833. The van der Waals surface area contributed by atoms with Gasteiger partial charge in [-0.25, -0.2) is 9.37 Å². The van der Waals surface area contributed by atoms with Crippen LogP contribution in [0.3, 0.4) is 0 Å². The van der Waals surface area contributed by atoms with E-state index in [1.807, 2.05) is 0 Å². The average Bonchev–Trinajstić information content (AvgIpc) is 2.82. The standard InChI is InChI=1S/C12H10FN5O/c1-6-2-3-7(4-8(6)13)19-11-9-10(16-5-15-9)17-12(14)18-11/h2-5H,1H3,(H3,14,15,16,17,18). The Balaban J connectivity index is 2.04. The predicted molar refractivity (Wildman–Crippen MR) is 67.3 cm³/mol. The molecule has 7 heteroatoms. The fourth-order valence-electron chi connectivity index (χ4n) is 1.65. The molecule has 0 amide bonds. The van der Waals surface area contributed by atoms with Crippen LogP contribution >= 0.6 is 0 Å². The lowest BCUT2D eigenvalue weighted by atomic mass is 10.2. The Labute approximate surface area is 107 Å². The normalized spacial score (nSPS) is 10.8. The molecule has 3 aromatic rings. The van der Waals surface area contributed by atoms with Crippen LogP contribution in [0.15, 0.2) is 24.5 Å². The van der Waals surface area contributed by atoms with E-state index in [2.05, 4.69) is 19.9 Å². The Kier molecular flexibility index (Phi) is 2.52. The van der Waals surface area contributed by atoms with Crippen LogP contribution < -0.4 is 10.5 Å². The number of rotatable bonds is 2. The van der Waals surface area contributed by atoms with Crippen molar-refractivity contribution in [2.45, 2.75) is 6.92 Å². The molecule has 0 fully saturated rings. The summed E-state index contributed by atoms with van der Waals surface area (Å²) in [4.78, 5) is 14.7. The summed E-state index contributed by atoms with van der Waals surface area (Å²) in [6.07, 6.45) is 1.46. The van der Waals surface area contributed by atoms with Gasteiger partial charge in [0.1, 0.15) is 17.1 Å². The van der Waals surface area contributed by atoms with Gasteiger partial charge in [0.15, 0.2) is 5.65 Å². The van der Waals surface area contributed by atoms with Crippen molar-refractivity contribution in [1.82, 2.24) is 19.9 Å². The van der Waals surface area contributed by atoms with Crippen molar-refractivity contribution >= 4 is 17.1 Å². The molecule has 1 aromatic carbocycles. The quantitative estimate of drug-likeness (QED) is 0.736. The average molecular weight is 259 g/mol. The zero-order valence-corrected chi connectivity index (χ0v) is 10.0. The number of nitrogens with one attached hydrogen (secondary N) is 1. The maximum absolute atomic E-state index is 13.5. The van der Waals surface area contributed by atoms with Crippen LogP contribution in [0.1, 0.15) is 5.56 Å². The first kappa shape index (κ1) is 11.4. The molecule has 2 heterocycles. The van der Waals surface area contributed by atoms with Gasteiger partial charge >= 0.3 is 0 Å². The van der Waals surface area contributed by atoms with Crippen molar-refractivity contribution in [3.8, 4) is 11.6 Å². The number of H-pyrrole nitrogens is 1. The third-order valence-electron chi connectivity index (χ3n) is 2.63. The van der Waals surface area contributed by atoms with E-state index in [1.54, 1.807) is 19.1 Å². The predicted octanol–water partition coefficient (Wildman–Crippen LogP) is 2.17. The Morgan fingerprint density at radius 3 is 2.95 bits per heavy atom. The van der Waals surface area contributed by atoms with Crippen molar-refractivity contribution in [1.29, 1.82) is 0 Å². The number of imidazole rings is 1. The maximum atomic E-state index is 13.5. The molecule has 0 bridgehead atoms. The number of anilines is 1. The molecular formula is C12H10FN5O. The summed E-state index contributed by atoms with van der Waals surface area (Å²) in [5, 5.41) is 0. The molecule has 0 aliphatic carbocycles. The molecule has 96 valence electrons. The minimum Gasteiger partial charge on any atom is -0.437 e. The first-order valence-electron chi connectivity index (χ1n) is 5.54. The summed E-state index contributed by atoms with van der Waals surface area (Å²) in [6.45, 7) is 1.68. The third kappa shape index (κ3) is 2.05. The lowest BCUT2D eigenvalue weighted by molar-refractivity contribution is 0.462. The van der Waals surface area contributed by atoms with Gasteiger partial charge in [-0.2, -0.15) is 9.97 Å². The summed E-state index contributed by atoms with van der Waals surface area (Å²) < 4.78 is 19.0. The van der Waals surface area contributed by atoms with Gasteiger partial charge in [-0.1, -0.05) is 6.07 Å². The topological polar surface area (TPSA) is 89.7 Å². The van der Waals surface area contributed by atoms with E-state index in [4.69, 9.17) is 10.5 Å². The van der Waals surface area contributed by atoms with Crippen LogP contribution in [0.2, 0.25) is 0 Å². The molecule has 6 nitrogen and oxygen atoms in total. The van der Waals surface area contributed by atoms with Gasteiger partial charge in [-0.15, -0.1) is 0 Å². The van der Waals surface area contributed by atoms with Crippen LogP contribution in [0.5, 0.6) is 11.6 Å². The highest BCUT2D eigenvalue weighted by molar-refractivity contribution is 5.77. The van der Waals surface area contributed by atoms with Gasteiger partial charge in [-0.3, -0.25) is 0 Å². The van der Waals surface area contributed by atoms with Gasteiger partial charge in [-0.05, 0) is 18.6 Å². The maximum Gasteiger partial charge on any atom is 0.250 e. The van der Waals surface area contributed by atoms with Gasteiger partial charge in [0.2, 0.25) is 5.95 Å². The van der Waals surface area contributed by atoms with Gasteiger partial charge in [0, 0.05) is 6.07 Å². The number of aromatic amines is 1. The largest absolute Gasteiger partial charge is 0.437 e. The Morgan fingerprint density at radius 1 is 1.32 bits per heavy atom. The molecule has 0 atom stereocenters. The Hall–Kier alpha value is -2.70. The van der Waals surface area contributed by atoms with E-state index in [9.17, 15) is 4.39 Å². The van der Waals surface area contributed by atoms with Crippen LogP contribution in [-0.4, -0.2) is 19.9 Å². The van der Waals surface area contributed by atoms with Gasteiger partial charge in [0.25, 0.3) is 5.88 Å². The van der Waals surface area contributed by atoms with E-state index in [0.29, 0.717) is 22.5 Å². The minimum absolute atomic E-state index is 0.0437. The molecule has 0 saturated heterocycles. The third-order valence-corrected chi connectivity index (χ3v) is 2.63. The zero-order chi connectivity index (χ0) is 13.4. The molecule has 0 unspecified atom stereocenters.